The molecule has 20 heavy (non-hydrogen) atoms. The number of amides is 1. The third-order valence-corrected chi connectivity index (χ3v) is 3.39. The van der Waals surface area contributed by atoms with E-state index < -0.39 is 0 Å². The molecule has 0 spiro atoms. The minimum absolute atomic E-state index is 0.0624. The molecule has 1 aromatic heterocycles. The van der Waals surface area contributed by atoms with Gasteiger partial charge in [0, 0.05) is 12.3 Å². The number of imidazole rings is 1. The number of nitrogens with one attached hydrogen (secondary N) is 2. The Balaban J connectivity index is 1.68. The fourth-order valence-electron chi connectivity index (χ4n) is 2.31. The average Bonchev–Trinajstić information content (AvgIpc) is 3.10. The van der Waals surface area contributed by atoms with Crippen molar-refractivity contribution in [1.82, 2.24) is 9.97 Å². The summed E-state index contributed by atoms with van der Waals surface area (Å²) in [5.41, 5.74) is 2.80. The minimum atomic E-state index is -0.301. The summed E-state index contributed by atoms with van der Waals surface area (Å²) in [5, 5.41) is 2.88. The van der Waals surface area contributed by atoms with Crippen LogP contribution in [0.2, 0.25) is 0 Å². The molecule has 1 aromatic carbocycles. The number of aromatic nitrogens is 2. The summed E-state index contributed by atoms with van der Waals surface area (Å²) in [4.78, 5) is 19.3. The van der Waals surface area contributed by atoms with Gasteiger partial charge < -0.3 is 15.0 Å². The number of aromatic amines is 1. The van der Waals surface area contributed by atoms with Crippen LogP contribution in [-0.4, -0.2) is 28.6 Å². The van der Waals surface area contributed by atoms with Gasteiger partial charge in [-0.25, -0.2) is 4.98 Å². The molecule has 2 N–H and O–H groups in total. The zero-order valence-corrected chi connectivity index (χ0v) is 11.3. The third-order valence-electron chi connectivity index (χ3n) is 3.39. The van der Waals surface area contributed by atoms with Crippen molar-refractivity contribution in [3.8, 4) is 11.3 Å². The number of hydrogen-bond acceptors (Lipinski definition) is 3. The molecule has 1 amide bonds. The van der Waals surface area contributed by atoms with Crippen molar-refractivity contribution in [3.05, 3.63) is 36.3 Å². The highest BCUT2D eigenvalue weighted by molar-refractivity contribution is 5.94. The molecule has 5 nitrogen and oxygen atoms in total. The Hall–Kier alpha value is -2.14. The number of aryl methyl sites for hydroxylation is 1. The van der Waals surface area contributed by atoms with Crippen molar-refractivity contribution in [2.75, 3.05) is 11.9 Å². The molecule has 1 aliphatic rings. The van der Waals surface area contributed by atoms with Gasteiger partial charge in [0.05, 0.1) is 11.9 Å². The summed E-state index contributed by atoms with van der Waals surface area (Å²) in [6.45, 7) is 2.59. The quantitative estimate of drug-likeness (QED) is 0.901. The molecule has 104 valence electrons. The van der Waals surface area contributed by atoms with Crippen molar-refractivity contribution in [2.45, 2.75) is 25.9 Å². The number of carbonyl (C=O) groups excluding carboxylic acids is 1. The van der Waals surface area contributed by atoms with Crippen LogP contribution in [0.3, 0.4) is 0 Å². The molecule has 0 radical (unpaired) electrons. The summed E-state index contributed by atoms with van der Waals surface area (Å²) in [6.07, 6.45) is 3.26. The molecule has 2 heterocycles. The van der Waals surface area contributed by atoms with Crippen LogP contribution >= 0.6 is 0 Å². The first-order valence-electron chi connectivity index (χ1n) is 6.77. The first-order valence-corrected chi connectivity index (χ1v) is 6.77. The summed E-state index contributed by atoms with van der Waals surface area (Å²) < 4.78 is 5.36. The molecule has 5 heteroatoms. The van der Waals surface area contributed by atoms with E-state index in [2.05, 4.69) is 15.3 Å². The number of rotatable bonds is 3. The highest BCUT2D eigenvalue weighted by Gasteiger charge is 2.23. The van der Waals surface area contributed by atoms with Crippen LogP contribution in [0.5, 0.6) is 0 Å². The predicted octanol–water partition coefficient (Wildman–Crippen LogP) is 2.50. The van der Waals surface area contributed by atoms with Crippen LogP contribution in [0.1, 0.15) is 18.7 Å². The summed E-state index contributed by atoms with van der Waals surface area (Å²) in [7, 11) is 0. The topological polar surface area (TPSA) is 67.0 Å². The molecule has 3 rings (SSSR count). The Kier molecular flexibility index (Phi) is 3.52. The number of anilines is 1. The van der Waals surface area contributed by atoms with Gasteiger partial charge in [0.15, 0.2) is 0 Å². The lowest BCUT2D eigenvalue weighted by Crippen LogP contribution is -2.26. The first-order chi connectivity index (χ1) is 9.72. The molecule has 2 aromatic rings. The lowest BCUT2D eigenvalue weighted by Gasteiger charge is -2.10. The van der Waals surface area contributed by atoms with E-state index in [9.17, 15) is 4.79 Å². The Bertz CT molecular complexity index is 598. The van der Waals surface area contributed by atoms with Crippen molar-refractivity contribution >= 4 is 11.6 Å². The van der Waals surface area contributed by atoms with Crippen LogP contribution in [0.4, 0.5) is 5.69 Å². The normalized spacial score (nSPS) is 18.1. The summed E-state index contributed by atoms with van der Waals surface area (Å²) >= 11 is 0. The second-order valence-corrected chi connectivity index (χ2v) is 4.95. The number of hydrogen-bond donors (Lipinski definition) is 2. The zero-order valence-electron chi connectivity index (χ0n) is 11.3. The molecular weight excluding hydrogens is 254 g/mol. The van der Waals surface area contributed by atoms with E-state index in [4.69, 9.17) is 4.74 Å². The van der Waals surface area contributed by atoms with Crippen LogP contribution in [-0.2, 0) is 9.53 Å². The van der Waals surface area contributed by atoms with Crippen molar-refractivity contribution in [3.63, 3.8) is 0 Å². The molecule has 1 aliphatic heterocycles. The molecule has 1 fully saturated rings. The average molecular weight is 271 g/mol. The molecule has 0 aliphatic carbocycles. The van der Waals surface area contributed by atoms with E-state index in [0.717, 1.165) is 35.6 Å². The molecule has 1 saturated heterocycles. The van der Waals surface area contributed by atoms with E-state index in [1.807, 2.05) is 31.2 Å². The van der Waals surface area contributed by atoms with Crippen molar-refractivity contribution in [2.24, 2.45) is 0 Å². The SMILES string of the molecule is Cc1ncc(-c2ccc(NC(=O)C3CCCO3)cc2)[nH]1. The van der Waals surface area contributed by atoms with Crippen LogP contribution in [0, 0.1) is 6.92 Å². The van der Waals surface area contributed by atoms with Gasteiger partial charge in [-0.05, 0) is 37.5 Å². The van der Waals surface area contributed by atoms with Gasteiger partial charge >= 0.3 is 0 Å². The van der Waals surface area contributed by atoms with Gasteiger partial charge in [0.25, 0.3) is 5.91 Å². The van der Waals surface area contributed by atoms with E-state index in [-0.39, 0.29) is 12.0 Å². The molecule has 1 unspecified atom stereocenters. The van der Waals surface area contributed by atoms with Gasteiger partial charge in [0.2, 0.25) is 0 Å². The fourth-order valence-corrected chi connectivity index (χ4v) is 2.31. The maximum Gasteiger partial charge on any atom is 0.253 e. The van der Waals surface area contributed by atoms with Gasteiger partial charge in [-0.2, -0.15) is 0 Å². The van der Waals surface area contributed by atoms with Crippen LogP contribution in [0.15, 0.2) is 30.5 Å². The maximum absolute atomic E-state index is 11.9. The Morgan fingerprint density at radius 1 is 1.40 bits per heavy atom. The van der Waals surface area contributed by atoms with Gasteiger partial charge in [0.1, 0.15) is 11.9 Å². The smallest absolute Gasteiger partial charge is 0.253 e. The van der Waals surface area contributed by atoms with E-state index in [1.165, 1.54) is 0 Å². The largest absolute Gasteiger partial charge is 0.368 e. The Morgan fingerprint density at radius 3 is 2.80 bits per heavy atom. The zero-order chi connectivity index (χ0) is 13.9. The lowest BCUT2D eigenvalue weighted by molar-refractivity contribution is -0.124. The Morgan fingerprint density at radius 2 is 2.20 bits per heavy atom. The first kappa shape index (κ1) is 12.9. The second kappa shape index (κ2) is 5.46. The van der Waals surface area contributed by atoms with Crippen molar-refractivity contribution in [1.29, 1.82) is 0 Å². The van der Waals surface area contributed by atoms with E-state index in [1.54, 1.807) is 6.20 Å². The number of benzene rings is 1. The monoisotopic (exact) mass is 271 g/mol. The lowest BCUT2D eigenvalue weighted by atomic mass is 10.1. The second-order valence-electron chi connectivity index (χ2n) is 4.95. The van der Waals surface area contributed by atoms with Gasteiger partial charge in [-0.15, -0.1) is 0 Å². The van der Waals surface area contributed by atoms with E-state index >= 15 is 0 Å². The Labute approximate surface area is 117 Å². The molecular formula is C15H17N3O2. The standard InChI is InChI=1S/C15H17N3O2/c1-10-16-9-13(17-10)11-4-6-12(7-5-11)18-15(19)14-3-2-8-20-14/h4-7,9,14H,2-3,8H2,1H3,(H,16,17)(H,18,19). The van der Waals surface area contributed by atoms with Crippen molar-refractivity contribution < 1.29 is 9.53 Å². The van der Waals surface area contributed by atoms with E-state index in [0.29, 0.717) is 6.61 Å². The molecule has 0 saturated carbocycles. The number of ether oxygens (including phenoxy) is 1. The number of carbonyl (C=O) groups is 1. The number of H-pyrrole nitrogens is 1. The fraction of sp³-hybridized carbons (Fsp3) is 0.333. The highest BCUT2D eigenvalue weighted by atomic mass is 16.5. The van der Waals surface area contributed by atoms with Crippen LogP contribution in [0.25, 0.3) is 11.3 Å². The van der Waals surface area contributed by atoms with Gasteiger partial charge in [-0.1, -0.05) is 12.1 Å². The summed E-state index contributed by atoms with van der Waals surface area (Å²) in [6, 6.07) is 7.69. The van der Waals surface area contributed by atoms with Gasteiger partial charge in [-0.3, -0.25) is 4.79 Å². The highest BCUT2D eigenvalue weighted by Crippen LogP contribution is 2.20. The maximum atomic E-state index is 11.9. The third kappa shape index (κ3) is 2.72. The number of nitrogens with zero attached hydrogens (tertiary/aromatic N) is 1. The molecule has 0 bridgehead atoms. The predicted molar refractivity (Wildman–Crippen MR) is 76.4 cm³/mol. The summed E-state index contributed by atoms with van der Waals surface area (Å²) in [5.74, 6) is 0.823. The minimum Gasteiger partial charge on any atom is -0.368 e. The molecule has 1 atom stereocenters. The van der Waals surface area contributed by atoms with Crippen LogP contribution < -0.4 is 5.32 Å².